The van der Waals surface area contributed by atoms with Gasteiger partial charge in [-0.1, -0.05) is 42.5 Å². The fourth-order valence-corrected chi connectivity index (χ4v) is 1.50. The molecule has 1 atom stereocenters. The minimum Gasteiger partial charge on any atom is -0.469 e. The molecule has 0 aliphatic heterocycles. The van der Waals surface area contributed by atoms with Crippen LogP contribution in [-0.4, -0.2) is 24.8 Å². The van der Waals surface area contributed by atoms with Gasteiger partial charge in [0, 0.05) is 0 Å². The molecule has 3 nitrogen and oxygen atoms in total. The average molecular weight is 220 g/mol. The molecule has 0 saturated heterocycles. The molecular formula is C13H16O3. The molecule has 16 heavy (non-hydrogen) atoms. The molecular weight excluding hydrogens is 204 g/mol. The Bertz CT molecular complexity index is 343. The Kier molecular flexibility index (Phi) is 5.29. The van der Waals surface area contributed by atoms with E-state index in [2.05, 4.69) is 0 Å². The number of ether oxygens (including phenoxy) is 1. The second-order valence-electron chi connectivity index (χ2n) is 3.38. The number of hydrogen-bond donors (Lipinski definition) is 1. The van der Waals surface area contributed by atoms with Crippen LogP contribution in [0.4, 0.5) is 0 Å². The van der Waals surface area contributed by atoms with Gasteiger partial charge < -0.3 is 9.84 Å². The summed E-state index contributed by atoms with van der Waals surface area (Å²) in [5, 5.41) is 8.64. The molecule has 3 heteroatoms. The van der Waals surface area contributed by atoms with Crippen molar-refractivity contribution in [1.29, 1.82) is 0 Å². The van der Waals surface area contributed by atoms with Crippen molar-refractivity contribution >= 4 is 5.97 Å². The third-order valence-electron chi connectivity index (χ3n) is 2.33. The lowest BCUT2D eigenvalue weighted by atomic mass is 9.96. The summed E-state index contributed by atoms with van der Waals surface area (Å²) in [5.41, 5.74) is 0.928. The maximum atomic E-state index is 11.6. The molecule has 0 fully saturated rings. The largest absolute Gasteiger partial charge is 0.469 e. The standard InChI is InChI=1S/C13H16O3/c1-16-13(15)12(9-5-6-10-14)11-7-3-2-4-8-11/h2-8,12,14H,9-10H2,1H3/b6-5-. The molecule has 86 valence electrons. The normalized spacial score (nSPS) is 12.6. The zero-order valence-electron chi connectivity index (χ0n) is 9.30. The number of rotatable bonds is 5. The van der Waals surface area contributed by atoms with Gasteiger partial charge in [-0.05, 0) is 12.0 Å². The fourth-order valence-electron chi connectivity index (χ4n) is 1.50. The number of carbonyl (C=O) groups is 1. The van der Waals surface area contributed by atoms with Crippen LogP contribution in [0.25, 0.3) is 0 Å². The summed E-state index contributed by atoms with van der Waals surface area (Å²) < 4.78 is 4.76. The lowest BCUT2D eigenvalue weighted by molar-refractivity contribution is -0.142. The minimum atomic E-state index is -0.297. The van der Waals surface area contributed by atoms with Gasteiger partial charge >= 0.3 is 5.97 Å². The monoisotopic (exact) mass is 220 g/mol. The summed E-state index contributed by atoms with van der Waals surface area (Å²) in [5.74, 6) is -0.553. The van der Waals surface area contributed by atoms with Crippen molar-refractivity contribution < 1.29 is 14.6 Å². The number of allylic oxidation sites excluding steroid dienone is 1. The number of esters is 1. The summed E-state index contributed by atoms with van der Waals surface area (Å²) in [4.78, 5) is 11.6. The predicted octanol–water partition coefficient (Wildman–Crippen LogP) is 1.88. The highest BCUT2D eigenvalue weighted by Gasteiger charge is 2.19. The van der Waals surface area contributed by atoms with Crippen LogP contribution >= 0.6 is 0 Å². The van der Waals surface area contributed by atoms with E-state index < -0.39 is 0 Å². The molecule has 0 amide bonds. The van der Waals surface area contributed by atoms with E-state index in [1.807, 2.05) is 30.3 Å². The Balaban J connectivity index is 2.79. The van der Waals surface area contributed by atoms with Crippen molar-refractivity contribution in [2.24, 2.45) is 0 Å². The van der Waals surface area contributed by atoms with E-state index in [9.17, 15) is 4.79 Å². The van der Waals surface area contributed by atoms with E-state index in [1.54, 1.807) is 12.2 Å². The third kappa shape index (κ3) is 3.51. The Morgan fingerprint density at radius 2 is 2.06 bits per heavy atom. The van der Waals surface area contributed by atoms with E-state index >= 15 is 0 Å². The van der Waals surface area contributed by atoms with Crippen LogP contribution < -0.4 is 0 Å². The molecule has 0 aliphatic carbocycles. The summed E-state index contributed by atoms with van der Waals surface area (Å²) in [7, 11) is 1.38. The highest BCUT2D eigenvalue weighted by Crippen LogP contribution is 2.21. The van der Waals surface area contributed by atoms with E-state index in [0.717, 1.165) is 5.56 Å². The van der Waals surface area contributed by atoms with Gasteiger partial charge in [0.15, 0.2) is 0 Å². The van der Waals surface area contributed by atoms with Gasteiger partial charge in [0.25, 0.3) is 0 Å². The smallest absolute Gasteiger partial charge is 0.313 e. The maximum absolute atomic E-state index is 11.6. The van der Waals surface area contributed by atoms with Gasteiger partial charge in [-0.3, -0.25) is 4.79 Å². The number of aliphatic hydroxyl groups is 1. The first-order chi connectivity index (χ1) is 7.79. The van der Waals surface area contributed by atoms with Crippen LogP contribution in [0.2, 0.25) is 0 Å². The molecule has 0 spiro atoms. The van der Waals surface area contributed by atoms with Crippen molar-refractivity contribution in [3.05, 3.63) is 48.0 Å². The minimum absolute atomic E-state index is 0.0112. The topological polar surface area (TPSA) is 46.5 Å². The van der Waals surface area contributed by atoms with E-state index in [4.69, 9.17) is 9.84 Å². The number of aliphatic hydroxyl groups excluding tert-OH is 1. The predicted molar refractivity (Wildman–Crippen MR) is 62.0 cm³/mol. The number of methoxy groups -OCH3 is 1. The molecule has 1 N–H and O–H groups in total. The molecule has 0 bridgehead atoms. The lowest BCUT2D eigenvalue weighted by Crippen LogP contribution is -2.13. The molecule has 1 aromatic rings. The molecule has 0 saturated carbocycles. The quantitative estimate of drug-likeness (QED) is 0.608. The van der Waals surface area contributed by atoms with Crippen LogP contribution in [0.1, 0.15) is 17.9 Å². The number of carbonyl (C=O) groups excluding carboxylic acids is 1. The second-order valence-corrected chi connectivity index (χ2v) is 3.38. The van der Waals surface area contributed by atoms with Crippen LogP contribution in [0.15, 0.2) is 42.5 Å². The van der Waals surface area contributed by atoms with Crippen molar-refractivity contribution in [2.45, 2.75) is 12.3 Å². The van der Waals surface area contributed by atoms with Gasteiger partial charge in [-0.15, -0.1) is 0 Å². The zero-order valence-corrected chi connectivity index (χ0v) is 9.30. The Morgan fingerprint density at radius 3 is 2.62 bits per heavy atom. The Hall–Kier alpha value is -1.61. The Morgan fingerprint density at radius 1 is 1.38 bits per heavy atom. The first kappa shape index (κ1) is 12.5. The van der Waals surface area contributed by atoms with Crippen molar-refractivity contribution in [2.75, 3.05) is 13.7 Å². The lowest BCUT2D eigenvalue weighted by Gasteiger charge is -2.12. The zero-order chi connectivity index (χ0) is 11.8. The summed E-state index contributed by atoms with van der Waals surface area (Å²) in [6.07, 6.45) is 3.95. The van der Waals surface area contributed by atoms with Gasteiger partial charge in [-0.25, -0.2) is 0 Å². The van der Waals surface area contributed by atoms with E-state index in [0.29, 0.717) is 6.42 Å². The molecule has 0 heterocycles. The van der Waals surface area contributed by atoms with Gasteiger partial charge in [-0.2, -0.15) is 0 Å². The fraction of sp³-hybridized carbons (Fsp3) is 0.308. The summed E-state index contributed by atoms with van der Waals surface area (Å²) in [6, 6.07) is 9.48. The summed E-state index contributed by atoms with van der Waals surface area (Å²) in [6.45, 7) is -0.0112. The molecule has 1 rings (SSSR count). The summed E-state index contributed by atoms with van der Waals surface area (Å²) >= 11 is 0. The SMILES string of the molecule is COC(=O)C(C/C=C\CO)c1ccccc1. The molecule has 1 unspecified atom stereocenters. The molecule has 0 radical (unpaired) electrons. The second kappa shape index (κ2) is 6.80. The number of hydrogen-bond acceptors (Lipinski definition) is 3. The van der Waals surface area contributed by atoms with Gasteiger partial charge in [0.1, 0.15) is 0 Å². The van der Waals surface area contributed by atoms with Crippen LogP contribution in [-0.2, 0) is 9.53 Å². The molecule has 0 aliphatic rings. The van der Waals surface area contributed by atoms with Crippen molar-refractivity contribution in [3.8, 4) is 0 Å². The highest BCUT2D eigenvalue weighted by atomic mass is 16.5. The molecule has 1 aromatic carbocycles. The number of benzene rings is 1. The third-order valence-corrected chi connectivity index (χ3v) is 2.33. The first-order valence-electron chi connectivity index (χ1n) is 5.18. The van der Waals surface area contributed by atoms with Crippen LogP contribution in [0, 0.1) is 0 Å². The van der Waals surface area contributed by atoms with Crippen LogP contribution in [0.5, 0.6) is 0 Å². The maximum Gasteiger partial charge on any atom is 0.313 e. The van der Waals surface area contributed by atoms with E-state index in [1.165, 1.54) is 7.11 Å². The van der Waals surface area contributed by atoms with Crippen LogP contribution in [0.3, 0.4) is 0 Å². The average Bonchev–Trinajstić information content (AvgIpc) is 2.35. The molecule has 0 aromatic heterocycles. The van der Waals surface area contributed by atoms with Gasteiger partial charge in [0.05, 0.1) is 19.6 Å². The van der Waals surface area contributed by atoms with Crippen molar-refractivity contribution in [1.82, 2.24) is 0 Å². The first-order valence-corrected chi connectivity index (χ1v) is 5.18. The van der Waals surface area contributed by atoms with Crippen molar-refractivity contribution in [3.63, 3.8) is 0 Å². The van der Waals surface area contributed by atoms with Gasteiger partial charge in [0.2, 0.25) is 0 Å². The Labute approximate surface area is 95.4 Å². The van der Waals surface area contributed by atoms with E-state index in [-0.39, 0.29) is 18.5 Å². The highest BCUT2D eigenvalue weighted by molar-refractivity contribution is 5.78.